The number of nitrogens with zero attached hydrogens (tertiary/aromatic N) is 1. The first kappa shape index (κ1) is 15.1. The molecule has 0 aromatic heterocycles. The molecule has 3 rings (SSSR count). The van der Waals surface area contributed by atoms with Gasteiger partial charge in [-0.1, -0.05) is 60.7 Å². The van der Waals surface area contributed by atoms with E-state index in [1.807, 2.05) is 65.6 Å². The predicted molar refractivity (Wildman–Crippen MR) is 89.5 cm³/mol. The van der Waals surface area contributed by atoms with E-state index in [2.05, 4.69) is 0 Å². The Kier molecular flexibility index (Phi) is 4.80. The third-order valence-corrected chi connectivity index (χ3v) is 5.13. The molecule has 0 radical (unpaired) electrons. The van der Waals surface area contributed by atoms with E-state index in [4.69, 9.17) is 0 Å². The summed E-state index contributed by atoms with van der Waals surface area (Å²) in [6.45, 7) is 1.19. The van der Waals surface area contributed by atoms with Crippen LogP contribution in [0.3, 0.4) is 0 Å². The highest BCUT2D eigenvalue weighted by molar-refractivity contribution is 8.00. The van der Waals surface area contributed by atoms with Crippen molar-refractivity contribution in [2.75, 3.05) is 12.3 Å². The lowest BCUT2D eigenvalue weighted by Gasteiger charge is -2.34. The van der Waals surface area contributed by atoms with Crippen molar-refractivity contribution in [2.24, 2.45) is 0 Å². The van der Waals surface area contributed by atoms with Crippen LogP contribution in [0, 0.1) is 0 Å². The third kappa shape index (κ3) is 3.51. The zero-order valence-corrected chi connectivity index (χ0v) is 13.1. The van der Waals surface area contributed by atoms with Crippen LogP contribution in [-0.2, 0) is 11.3 Å². The molecule has 0 spiro atoms. The van der Waals surface area contributed by atoms with Crippen LogP contribution >= 0.6 is 11.8 Å². The molecule has 1 N–H and O–H groups in total. The highest BCUT2D eigenvalue weighted by Crippen LogP contribution is 2.31. The fourth-order valence-electron chi connectivity index (χ4n) is 2.65. The van der Waals surface area contributed by atoms with Crippen LogP contribution in [0.4, 0.5) is 0 Å². The lowest BCUT2D eigenvalue weighted by molar-refractivity contribution is -0.129. The van der Waals surface area contributed by atoms with Gasteiger partial charge in [-0.05, 0) is 11.1 Å². The highest BCUT2D eigenvalue weighted by atomic mass is 32.2. The van der Waals surface area contributed by atoms with Gasteiger partial charge in [0.05, 0.1) is 17.1 Å². The molecule has 0 saturated carbocycles. The van der Waals surface area contributed by atoms with Crippen LogP contribution in [0.15, 0.2) is 60.7 Å². The molecule has 22 heavy (non-hydrogen) atoms. The number of carbonyl (C=O) groups excluding carboxylic acids is 1. The first-order valence-electron chi connectivity index (χ1n) is 7.40. The third-order valence-electron chi connectivity index (χ3n) is 3.88. The number of thioether (sulfide) groups is 1. The van der Waals surface area contributed by atoms with E-state index in [0.29, 0.717) is 18.8 Å². The number of aliphatic hydroxyl groups excluding tert-OH is 1. The van der Waals surface area contributed by atoms with Gasteiger partial charge in [0.2, 0.25) is 5.91 Å². The molecule has 0 unspecified atom stereocenters. The first-order chi connectivity index (χ1) is 10.7. The van der Waals surface area contributed by atoms with Crippen molar-refractivity contribution in [3.05, 3.63) is 71.8 Å². The number of benzene rings is 2. The Hall–Kier alpha value is -1.78. The average Bonchev–Trinajstić information content (AvgIpc) is 2.58. The lowest BCUT2D eigenvalue weighted by atomic mass is 10.1. The van der Waals surface area contributed by atoms with Crippen LogP contribution in [0.25, 0.3) is 0 Å². The van der Waals surface area contributed by atoms with Crippen LogP contribution in [0.5, 0.6) is 0 Å². The number of carbonyl (C=O) groups is 1. The van der Waals surface area contributed by atoms with Gasteiger partial charge in [-0.25, -0.2) is 0 Å². The van der Waals surface area contributed by atoms with Gasteiger partial charge in [0.1, 0.15) is 0 Å². The van der Waals surface area contributed by atoms with Crippen LogP contribution in [-0.4, -0.2) is 33.5 Å². The Morgan fingerprint density at radius 3 is 2.41 bits per heavy atom. The van der Waals surface area contributed by atoms with Crippen molar-refractivity contribution >= 4 is 17.7 Å². The van der Waals surface area contributed by atoms with Gasteiger partial charge in [0.25, 0.3) is 0 Å². The summed E-state index contributed by atoms with van der Waals surface area (Å²) in [4.78, 5) is 14.0. The minimum atomic E-state index is -0.544. The second kappa shape index (κ2) is 6.99. The quantitative estimate of drug-likeness (QED) is 0.943. The molecule has 4 heteroatoms. The Labute approximate surface area is 135 Å². The molecular weight excluding hydrogens is 294 g/mol. The molecule has 3 nitrogen and oxygen atoms in total. The number of rotatable bonds is 4. The number of hydrogen-bond donors (Lipinski definition) is 1. The first-order valence-corrected chi connectivity index (χ1v) is 8.45. The van der Waals surface area contributed by atoms with Crippen molar-refractivity contribution in [3.63, 3.8) is 0 Å². The molecule has 114 valence electrons. The van der Waals surface area contributed by atoms with E-state index < -0.39 is 6.10 Å². The minimum Gasteiger partial charge on any atom is -0.387 e. The largest absolute Gasteiger partial charge is 0.387 e. The van der Waals surface area contributed by atoms with Gasteiger partial charge in [-0.3, -0.25) is 4.79 Å². The zero-order chi connectivity index (χ0) is 15.4. The summed E-state index contributed by atoms with van der Waals surface area (Å²) in [5.41, 5.74) is 2.03. The molecule has 1 fully saturated rings. The van der Waals surface area contributed by atoms with E-state index in [-0.39, 0.29) is 11.2 Å². The molecule has 1 saturated heterocycles. The van der Waals surface area contributed by atoms with Crippen LogP contribution in [0.1, 0.15) is 17.2 Å². The molecule has 0 bridgehead atoms. The number of amides is 1. The van der Waals surface area contributed by atoms with E-state index in [9.17, 15) is 9.90 Å². The van der Waals surface area contributed by atoms with Crippen molar-refractivity contribution in [1.82, 2.24) is 4.90 Å². The van der Waals surface area contributed by atoms with E-state index in [1.54, 1.807) is 11.8 Å². The van der Waals surface area contributed by atoms with E-state index in [0.717, 1.165) is 11.1 Å². The van der Waals surface area contributed by atoms with Gasteiger partial charge in [-0.15, -0.1) is 11.8 Å². The van der Waals surface area contributed by atoms with Gasteiger partial charge < -0.3 is 10.0 Å². The monoisotopic (exact) mass is 313 g/mol. The van der Waals surface area contributed by atoms with E-state index >= 15 is 0 Å². The molecular formula is C18H19NO2S. The molecule has 0 aliphatic carbocycles. The summed E-state index contributed by atoms with van der Waals surface area (Å²) in [6.07, 6.45) is -0.544. The number of hydrogen-bond acceptors (Lipinski definition) is 3. The summed E-state index contributed by atoms with van der Waals surface area (Å²) in [5, 5.41) is 10.6. The summed E-state index contributed by atoms with van der Waals surface area (Å²) in [6, 6.07) is 19.7. The maximum absolute atomic E-state index is 12.1. The molecule has 1 aliphatic heterocycles. The van der Waals surface area contributed by atoms with E-state index in [1.165, 1.54) is 0 Å². The summed E-state index contributed by atoms with van der Waals surface area (Å²) in [5.74, 6) is 0.576. The van der Waals surface area contributed by atoms with Crippen molar-refractivity contribution < 1.29 is 9.90 Å². The second-order valence-corrected chi connectivity index (χ2v) is 6.69. The molecule has 2 aromatic carbocycles. The van der Waals surface area contributed by atoms with Gasteiger partial charge in [0.15, 0.2) is 0 Å². The van der Waals surface area contributed by atoms with Gasteiger partial charge in [0, 0.05) is 13.1 Å². The Morgan fingerprint density at radius 1 is 1.09 bits per heavy atom. The second-order valence-electron chi connectivity index (χ2n) is 5.46. The topological polar surface area (TPSA) is 40.5 Å². The van der Waals surface area contributed by atoms with Crippen molar-refractivity contribution in [2.45, 2.75) is 17.9 Å². The maximum Gasteiger partial charge on any atom is 0.232 e. The summed E-state index contributed by atoms with van der Waals surface area (Å²) >= 11 is 1.55. The number of aliphatic hydroxyl groups is 1. The average molecular weight is 313 g/mol. The van der Waals surface area contributed by atoms with Gasteiger partial charge in [-0.2, -0.15) is 0 Å². The highest BCUT2D eigenvalue weighted by Gasteiger charge is 2.31. The fourth-order valence-corrected chi connectivity index (χ4v) is 3.82. The lowest BCUT2D eigenvalue weighted by Crippen LogP contribution is -2.43. The summed E-state index contributed by atoms with van der Waals surface area (Å²) < 4.78 is 0. The van der Waals surface area contributed by atoms with Crippen LogP contribution < -0.4 is 0 Å². The molecule has 2 atom stereocenters. The molecule has 1 aliphatic rings. The Morgan fingerprint density at radius 2 is 1.73 bits per heavy atom. The standard InChI is InChI=1S/C18H19NO2S/c20-17-13-22-16(18(21)15-9-5-2-6-10-15)12-19(17)11-14-7-3-1-4-8-14/h1-10,16,18,21H,11-13H2/t16-,18-/m1/s1. The molecule has 1 amide bonds. The smallest absolute Gasteiger partial charge is 0.232 e. The van der Waals surface area contributed by atoms with Gasteiger partial charge >= 0.3 is 0 Å². The molecule has 2 aromatic rings. The summed E-state index contributed by atoms with van der Waals surface area (Å²) in [7, 11) is 0. The Balaban J connectivity index is 1.69. The van der Waals surface area contributed by atoms with Crippen LogP contribution in [0.2, 0.25) is 0 Å². The molecule has 1 heterocycles. The zero-order valence-electron chi connectivity index (χ0n) is 12.3. The minimum absolute atomic E-state index is 0.0174. The fraction of sp³-hybridized carbons (Fsp3) is 0.278. The predicted octanol–water partition coefficient (Wildman–Crippen LogP) is 2.86. The SMILES string of the molecule is O=C1CS[C@@H]([C@H](O)c2ccccc2)CN1Cc1ccccc1. The van der Waals surface area contributed by atoms with Crippen molar-refractivity contribution in [1.29, 1.82) is 0 Å². The maximum atomic E-state index is 12.1. The normalized spacial score (nSPS) is 20.0. The van der Waals surface area contributed by atoms with Crippen molar-refractivity contribution in [3.8, 4) is 0 Å². The Bertz CT molecular complexity index is 617.